The molecule has 0 spiro atoms. The van der Waals surface area contributed by atoms with Crippen molar-refractivity contribution in [1.82, 2.24) is 5.32 Å². The van der Waals surface area contributed by atoms with Gasteiger partial charge in [-0.05, 0) is 43.4 Å². The molecule has 1 aliphatic rings. The Morgan fingerprint density at radius 2 is 2.18 bits per heavy atom. The summed E-state index contributed by atoms with van der Waals surface area (Å²) in [6.45, 7) is 3.15. The van der Waals surface area contributed by atoms with E-state index in [0.717, 1.165) is 18.0 Å². The van der Waals surface area contributed by atoms with Crippen molar-refractivity contribution >= 4 is 0 Å². The van der Waals surface area contributed by atoms with Crippen molar-refractivity contribution in [2.45, 2.75) is 45.2 Å². The minimum absolute atomic E-state index is 0.586. The molecule has 0 bridgehead atoms. The molecular weight excluding hydrogens is 208 g/mol. The quantitative estimate of drug-likeness (QED) is 0.858. The smallest absolute Gasteiger partial charge is 0.0991 e. The monoisotopic (exact) mass is 228 g/mol. The van der Waals surface area contributed by atoms with Crippen molar-refractivity contribution in [3.8, 4) is 6.07 Å². The number of hydrogen-bond acceptors (Lipinski definition) is 2. The zero-order valence-electron chi connectivity index (χ0n) is 10.4. The lowest BCUT2D eigenvalue weighted by Crippen LogP contribution is -2.31. The number of rotatable bonds is 4. The second kappa shape index (κ2) is 5.84. The Hall–Kier alpha value is -1.33. The van der Waals surface area contributed by atoms with Crippen molar-refractivity contribution in [3.05, 3.63) is 35.4 Å². The first-order chi connectivity index (χ1) is 8.29. The highest BCUT2D eigenvalue weighted by Gasteiger charge is 2.20. The number of nitrogens with zero attached hydrogens (tertiary/aromatic N) is 1. The van der Waals surface area contributed by atoms with Crippen LogP contribution in [0, 0.1) is 17.2 Å². The van der Waals surface area contributed by atoms with Gasteiger partial charge in [-0.25, -0.2) is 0 Å². The van der Waals surface area contributed by atoms with Gasteiger partial charge in [0.15, 0.2) is 0 Å². The maximum atomic E-state index is 8.84. The van der Waals surface area contributed by atoms with Crippen LogP contribution in [0.25, 0.3) is 0 Å². The fourth-order valence-electron chi connectivity index (χ4n) is 2.65. The second-order valence-corrected chi connectivity index (χ2v) is 5.03. The standard InChI is InChI=1S/C15H20N2/c1-12(15-7-2-3-8-15)17-11-14-6-4-5-13(9-14)10-16/h4-6,9,12,15,17H,2-3,7-8,11H2,1H3. The van der Waals surface area contributed by atoms with E-state index in [1.54, 1.807) is 0 Å². The Labute approximate surface area is 104 Å². The van der Waals surface area contributed by atoms with E-state index in [1.165, 1.54) is 31.2 Å². The summed E-state index contributed by atoms with van der Waals surface area (Å²) in [5, 5.41) is 12.4. The third-order valence-electron chi connectivity index (χ3n) is 3.79. The maximum Gasteiger partial charge on any atom is 0.0991 e. The third-order valence-corrected chi connectivity index (χ3v) is 3.79. The van der Waals surface area contributed by atoms with Gasteiger partial charge in [-0.15, -0.1) is 0 Å². The summed E-state index contributed by atoms with van der Waals surface area (Å²) in [4.78, 5) is 0. The first-order valence-electron chi connectivity index (χ1n) is 6.52. The van der Waals surface area contributed by atoms with Gasteiger partial charge in [-0.1, -0.05) is 25.0 Å². The molecule has 0 amide bonds. The summed E-state index contributed by atoms with van der Waals surface area (Å²) >= 11 is 0. The highest BCUT2D eigenvalue weighted by atomic mass is 14.9. The van der Waals surface area contributed by atoms with Crippen LogP contribution in [0.2, 0.25) is 0 Å². The Kier molecular flexibility index (Phi) is 4.17. The molecule has 1 atom stereocenters. The van der Waals surface area contributed by atoms with Crippen molar-refractivity contribution in [1.29, 1.82) is 5.26 Å². The number of hydrogen-bond donors (Lipinski definition) is 1. The molecule has 17 heavy (non-hydrogen) atoms. The molecule has 2 rings (SSSR count). The third kappa shape index (κ3) is 3.31. The topological polar surface area (TPSA) is 35.8 Å². The zero-order chi connectivity index (χ0) is 12.1. The first kappa shape index (κ1) is 12.1. The average Bonchev–Trinajstić information content (AvgIpc) is 2.90. The molecule has 1 aromatic rings. The summed E-state index contributed by atoms with van der Waals surface area (Å²) < 4.78 is 0. The molecule has 0 radical (unpaired) electrons. The molecule has 0 saturated heterocycles. The van der Waals surface area contributed by atoms with Gasteiger partial charge in [-0.2, -0.15) is 5.26 Å². The molecule has 0 aliphatic heterocycles. The molecule has 2 nitrogen and oxygen atoms in total. The average molecular weight is 228 g/mol. The lowest BCUT2D eigenvalue weighted by Gasteiger charge is -2.20. The van der Waals surface area contributed by atoms with Crippen LogP contribution in [-0.2, 0) is 6.54 Å². The van der Waals surface area contributed by atoms with E-state index in [9.17, 15) is 0 Å². The zero-order valence-corrected chi connectivity index (χ0v) is 10.4. The normalized spacial score (nSPS) is 17.9. The molecule has 0 heterocycles. The molecule has 1 aromatic carbocycles. The minimum atomic E-state index is 0.586. The summed E-state index contributed by atoms with van der Waals surface area (Å²) in [6, 6.07) is 10.6. The van der Waals surface area contributed by atoms with Gasteiger partial charge in [0.2, 0.25) is 0 Å². The fourth-order valence-corrected chi connectivity index (χ4v) is 2.65. The van der Waals surface area contributed by atoms with E-state index in [2.05, 4.69) is 24.4 Å². The van der Waals surface area contributed by atoms with Gasteiger partial charge >= 0.3 is 0 Å². The Morgan fingerprint density at radius 1 is 1.41 bits per heavy atom. The van der Waals surface area contributed by atoms with Crippen LogP contribution in [0.3, 0.4) is 0 Å². The van der Waals surface area contributed by atoms with E-state index < -0.39 is 0 Å². The molecule has 1 fully saturated rings. The molecule has 2 heteroatoms. The number of nitrogens with one attached hydrogen (secondary N) is 1. The Morgan fingerprint density at radius 3 is 2.88 bits per heavy atom. The van der Waals surface area contributed by atoms with Crippen LogP contribution in [0.4, 0.5) is 0 Å². The van der Waals surface area contributed by atoms with Gasteiger partial charge < -0.3 is 5.32 Å². The van der Waals surface area contributed by atoms with Gasteiger partial charge in [-0.3, -0.25) is 0 Å². The number of benzene rings is 1. The maximum absolute atomic E-state index is 8.84. The van der Waals surface area contributed by atoms with Crippen LogP contribution in [0.1, 0.15) is 43.7 Å². The van der Waals surface area contributed by atoms with Crippen LogP contribution in [0.5, 0.6) is 0 Å². The Bertz CT molecular complexity index is 400. The van der Waals surface area contributed by atoms with Crippen LogP contribution in [0.15, 0.2) is 24.3 Å². The van der Waals surface area contributed by atoms with Crippen LogP contribution >= 0.6 is 0 Å². The van der Waals surface area contributed by atoms with E-state index >= 15 is 0 Å². The molecule has 1 saturated carbocycles. The summed E-state index contributed by atoms with van der Waals surface area (Å²) in [7, 11) is 0. The van der Waals surface area contributed by atoms with E-state index in [-0.39, 0.29) is 0 Å². The molecule has 1 unspecified atom stereocenters. The highest BCUT2D eigenvalue weighted by molar-refractivity contribution is 5.32. The van der Waals surface area contributed by atoms with Crippen molar-refractivity contribution in [2.24, 2.45) is 5.92 Å². The van der Waals surface area contributed by atoms with Gasteiger partial charge in [0.25, 0.3) is 0 Å². The summed E-state index contributed by atoms with van der Waals surface area (Å²) in [6.07, 6.45) is 5.51. The SMILES string of the molecule is CC(NCc1cccc(C#N)c1)C1CCCC1. The Balaban J connectivity index is 1.86. The van der Waals surface area contributed by atoms with Crippen molar-refractivity contribution in [2.75, 3.05) is 0 Å². The van der Waals surface area contributed by atoms with E-state index in [0.29, 0.717) is 6.04 Å². The van der Waals surface area contributed by atoms with Crippen molar-refractivity contribution < 1.29 is 0 Å². The number of nitriles is 1. The second-order valence-electron chi connectivity index (χ2n) is 5.03. The summed E-state index contributed by atoms with van der Waals surface area (Å²) in [5.41, 5.74) is 1.95. The largest absolute Gasteiger partial charge is 0.310 e. The van der Waals surface area contributed by atoms with Gasteiger partial charge in [0.1, 0.15) is 0 Å². The first-order valence-corrected chi connectivity index (χ1v) is 6.52. The fraction of sp³-hybridized carbons (Fsp3) is 0.533. The summed E-state index contributed by atoms with van der Waals surface area (Å²) in [5.74, 6) is 0.842. The van der Waals surface area contributed by atoms with Gasteiger partial charge in [0, 0.05) is 12.6 Å². The lowest BCUT2D eigenvalue weighted by molar-refractivity contribution is 0.380. The predicted octanol–water partition coefficient (Wildman–Crippen LogP) is 3.23. The molecule has 1 aliphatic carbocycles. The highest BCUT2D eigenvalue weighted by Crippen LogP contribution is 2.27. The van der Waals surface area contributed by atoms with Crippen molar-refractivity contribution in [3.63, 3.8) is 0 Å². The minimum Gasteiger partial charge on any atom is -0.310 e. The van der Waals surface area contributed by atoms with Crippen LogP contribution < -0.4 is 5.32 Å². The molecular formula is C15H20N2. The van der Waals surface area contributed by atoms with E-state index in [1.807, 2.05) is 18.2 Å². The molecule has 1 N–H and O–H groups in total. The van der Waals surface area contributed by atoms with Crippen LogP contribution in [-0.4, -0.2) is 6.04 Å². The lowest BCUT2D eigenvalue weighted by atomic mass is 9.99. The van der Waals surface area contributed by atoms with E-state index in [4.69, 9.17) is 5.26 Å². The predicted molar refractivity (Wildman–Crippen MR) is 69.4 cm³/mol. The molecule has 0 aromatic heterocycles. The molecule has 90 valence electrons. The van der Waals surface area contributed by atoms with Gasteiger partial charge in [0.05, 0.1) is 11.6 Å².